The second-order valence-corrected chi connectivity index (χ2v) is 3.33. The maximum Gasteiger partial charge on any atom is 0.334 e. The molecule has 1 aromatic rings. The van der Waals surface area contributed by atoms with Gasteiger partial charge in [-0.25, -0.2) is 4.79 Å². The predicted molar refractivity (Wildman–Crippen MR) is 50.1 cm³/mol. The summed E-state index contributed by atoms with van der Waals surface area (Å²) in [4.78, 5) is 10.4. The van der Waals surface area contributed by atoms with Crippen molar-refractivity contribution in [3.63, 3.8) is 0 Å². The SMILES string of the molecule is Cc1nn(CC(O)C(=O)O)c(C)c1C. The summed E-state index contributed by atoms with van der Waals surface area (Å²) < 4.78 is 1.52. The van der Waals surface area contributed by atoms with E-state index in [2.05, 4.69) is 5.10 Å². The number of hydrogen-bond acceptors (Lipinski definition) is 3. The lowest BCUT2D eigenvalue weighted by molar-refractivity contribution is -0.147. The van der Waals surface area contributed by atoms with Gasteiger partial charge in [0, 0.05) is 5.69 Å². The van der Waals surface area contributed by atoms with Crippen molar-refractivity contribution >= 4 is 5.97 Å². The molecule has 0 radical (unpaired) electrons. The van der Waals surface area contributed by atoms with E-state index < -0.39 is 12.1 Å². The fourth-order valence-electron chi connectivity index (χ4n) is 1.21. The van der Waals surface area contributed by atoms with Crippen LogP contribution in [-0.2, 0) is 11.3 Å². The molecule has 0 spiro atoms. The van der Waals surface area contributed by atoms with Gasteiger partial charge < -0.3 is 10.2 Å². The van der Waals surface area contributed by atoms with Gasteiger partial charge >= 0.3 is 5.97 Å². The van der Waals surface area contributed by atoms with E-state index in [1.54, 1.807) is 0 Å². The molecule has 5 heteroatoms. The quantitative estimate of drug-likeness (QED) is 0.730. The molecule has 0 aromatic carbocycles. The molecule has 0 aliphatic heterocycles. The number of aryl methyl sites for hydroxylation is 1. The largest absolute Gasteiger partial charge is 0.479 e. The number of rotatable bonds is 3. The van der Waals surface area contributed by atoms with Crippen LogP contribution in [0.15, 0.2) is 0 Å². The molecule has 1 rings (SSSR count). The first kappa shape index (κ1) is 10.7. The van der Waals surface area contributed by atoms with E-state index in [1.807, 2.05) is 20.8 Å². The van der Waals surface area contributed by atoms with Crippen molar-refractivity contribution in [1.82, 2.24) is 9.78 Å². The van der Waals surface area contributed by atoms with Gasteiger partial charge in [-0.05, 0) is 26.3 Å². The predicted octanol–water partition coefficient (Wildman–Crippen LogP) is 0.254. The molecule has 0 aliphatic rings. The molecule has 0 aliphatic carbocycles. The molecule has 5 nitrogen and oxygen atoms in total. The van der Waals surface area contributed by atoms with Gasteiger partial charge in [0.25, 0.3) is 0 Å². The maximum absolute atomic E-state index is 10.4. The summed E-state index contributed by atoms with van der Waals surface area (Å²) >= 11 is 0. The Balaban J connectivity index is 2.87. The molecule has 1 atom stereocenters. The summed E-state index contributed by atoms with van der Waals surface area (Å²) in [6, 6.07) is 0. The minimum atomic E-state index is -1.40. The Morgan fingerprint density at radius 2 is 2.07 bits per heavy atom. The number of nitrogens with zero attached hydrogens (tertiary/aromatic N) is 2. The van der Waals surface area contributed by atoms with Crippen molar-refractivity contribution in [1.29, 1.82) is 0 Å². The van der Waals surface area contributed by atoms with Crippen molar-refractivity contribution < 1.29 is 15.0 Å². The molecule has 0 saturated carbocycles. The number of carbonyl (C=O) groups is 1. The van der Waals surface area contributed by atoms with Crippen LogP contribution in [0, 0.1) is 20.8 Å². The van der Waals surface area contributed by atoms with E-state index in [9.17, 15) is 4.79 Å². The normalized spacial score (nSPS) is 12.9. The summed E-state index contributed by atoms with van der Waals surface area (Å²) in [6.45, 7) is 5.62. The third kappa shape index (κ3) is 1.93. The Labute approximate surface area is 82.0 Å². The van der Waals surface area contributed by atoms with Gasteiger partial charge in [0.15, 0.2) is 6.10 Å². The number of carboxylic acid groups (broad SMARTS) is 1. The summed E-state index contributed by atoms with van der Waals surface area (Å²) in [6.07, 6.45) is -1.40. The molecular formula is C9H14N2O3. The average molecular weight is 198 g/mol. The highest BCUT2D eigenvalue weighted by Crippen LogP contribution is 2.11. The first-order valence-electron chi connectivity index (χ1n) is 4.35. The highest BCUT2D eigenvalue weighted by atomic mass is 16.4. The lowest BCUT2D eigenvalue weighted by Crippen LogP contribution is -2.26. The van der Waals surface area contributed by atoms with E-state index in [4.69, 9.17) is 10.2 Å². The molecular weight excluding hydrogens is 184 g/mol. The Morgan fingerprint density at radius 3 is 2.43 bits per heavy atom. The molecule has 2 N–H and O–H groups in total. The maximum atomic E-state index is 10.4. The third-order valence-electron chi connectivity index (χ3n) is 2.37. The highest BCUT2D eigenvalue weighted by Gasteiger charge is 2.16. The molecule has 1 heterocycles. The van der Waals surface area contributed by atoms with Crippen LogP contribution in [0.5, 0.6) is 0 Å². The van der Waals surface area contributed by atoms with Crippen molar-refractivity contribution in [3.8, 4) is 0 Å². The van der Waals surface area contributed by atoms with Gasteiger partial charge in [0.2, 0.25) is 0 Å². The second kappa shape index (κ2) is 3.79. The zero-order chi connectivity index (χ0) is 10.9. The molecule has 1 unspecified atom stereocenters. The van der Waals surface area contributed by atoms with Crippen LogP contribution in [0.3, 0.4) is 0 Å². The van der Waals surface area contributed by atoms with E-state index >= 15 is 0 Å². The second-order valence-electron chi connectivity index (χ2n) is 3.33. The number of aliphatic carboxylic acids is 1. The van der Waals surface area contributed by atoms with E-state index in [0.29, 0.717) is 0 Å². The summed E-state index contributed by atoms with van der Waals surface area (Å²) in [5.74, 6) is -1.23. The van der Waals surface area contributed by atoms with Crippen LogP contribution >= 0.6 is 0 Å². The number of aliphatic hydroxyl groups excluding tert-OH is 1. The van der Waals surface area contributed by atoms with Crippen LogP contribution < -0.4 is 0 Å². The third-order valence-corrected chi connectivity index (χ3v) is 2.37. The van der Waals surface area contributed by atoms with Crippen LogP contribution in [-0.4, -0.2) is 32.1 Å². The van der Waals surface area contributed by atoms with E-state index in [0.717, 1.165) is 17.0 Å². The van der Waals surface area contributed by atoms with Crippen molar-refractivity contribution in [2.75, 3.05) is 0 Å². The van der Waals surface area contributed by atoms with Gasteiger partial charge in [-0.15, -0.1) is 0 Å². The smallest absolute Gasteiger partial charge is 0.334 e. The van der Waals surface area contributed by atoms with Gasteiger partial charge in [-0.3, -0.25) is 4.68 Å². The fourth-order valence-corrected chi connectivity index (χ4v) is 1.21. The number of hydrogen-bond donors (Lipinski definition) is 2. The minimum Gasteiger partial charge on any atom is -0.479 e. The van der Waals surface area contributed by atoms with Crippen LogP contribution in [0.4, 0.5) is 0 Å². The Bertz CT molecular complexity index is 357. The van der Waals surface area contributed by atoms with Gasteiger partial charge in [0.05, 0.1) is 12.2 Å². The van der Waals surface area contributed by atoms with E-state index in [-0.39, 0.29) is 6.54 Å². The Hall–Kier alpha value is -1.36. The van der Waals surface area contributed by atoms with Crippen molar-refractivity contribution in [2.45, 2.75) is 33.4 Å². The lowest BCUT2D eigenvalue weighted by Gasteiger charge is -2.07. The minimum absolute atomic E-state index is 0.00412. The average Bonchev–Trinajstić information content (AvgIpc) is 2.33. The standard InChI is InChI=1S/C9H14N2O3/c1-5-6(2)10-11(7(5)3)4-8(12)9(13)14/h8,12H,4H2,1-3H3,(H,13,14). The van der Waals surface area contributed by atoms with Crippen LogP contribution in [0.2, 0.25) is 0 Å². The first-order valence-corrected chi connectivity index (χ1v) is 4.35. The molecule has 14 heavy (non-hydrogen) atoms. The topological polar surface area (TPSA) is 75.3 Å². The molecule has 0 saturated heterocycles. The molecule has 78 valence electrons. The summed E-state index contributed by atoms with van der Waals surface area (Å²) in [5, 5.41) is 21.8. The van der Waals surface area contributed by atoms with Crippen molar-refractivity contribution in [2.24, 2.45) is 0 Å². The lowest BCUT2D eigenvalue weighted by atomic mass is 10.2. The Morgan fingerprint density at radius 1 is 1.50 bits per heavy atom. The first-order chi connectivity index (χ1) is 6.43. The molecule has 0 fully saturated rings. The summed E-state index contributed by atoms with van der Waals surface area (Å²) in [7, 11) is 0. The molecule has 1 aromatic heterocycles. The van der Waals surface area contributed by atoms with Crippen LogP contribution in [0.1, 0.15) is 17.0 Å². The monoisotopic (exact) mass is 198 g/mol. The Kier molecular flexibility index (Phi) is 2.90. The number of carboxylic acids is 1. The van der Waals surface area contributed by atoms with Crippen molar-refractivity contribution in [3.05, 3.63) is 17.0 Å². The fraction of sp³-hybridized carbons (Fsp3) is 0.556. The summed E-state index contributed by atoms with van der Waals surface area (Å²) in [5.41, 5.74) is 2.78. The number of aromatic nitrogens is 2. The zero-order valence-electron chi connectivity index (χ0n) is 8.48. The van der Waals surface area contributed by atoms with Crippen LogP contribution in [0.25, 0.3) is 0 Å². The molecule has 0 amide bonds. The molecule has 0 bridgehead atoms. The number of aliphatic hydroxyl groups is 1. The zero-order valence-corrected chi connectivity index (χ0v) is 8.48. The highest BCUT2D eigenvalue weighted by molar-refractivity contribution is 5.71. The van der Waals surface area contributed by atoms with Gasteiger partial charge in [0.1, 0.15) is 0 Å². The van der Waals surface area contributed by atoms with Gasteiger partial charge in [-0.2, -0.15) is 5.10 Å². The van der Waals surface area contributed by atoms with E-state index in [1.165, 1.54) is 4.68 Å². The van der Waals surface area contributed by atoms with Gasteiger partial charge in [-0.1, -0.05) is 0 Å².